The molecule has 1 aromatic carbocycles. The number of fused-ring (bicyclic) bond motifs is 3. The zero-order valence-electron chi connectivity index (χ0n) is 11.0. The highest BCUT2D eigenvalue weighted by Gasteiger charge is 2.14. The molecule has 0 aliphatic carbocycles. The van der Waals surface area contributed by atoms with E-state index in [4.69, 9.17) is 0 Å². The number of thiophene rings is 1. The van der Waals surface area contributed by atoms with Gasteiger partial charge in [0.15, 0.2) is 5.82 Å². The first-order chi connectivity index (χ1) is 10.7. The van der Waals surface area contributed by atoms with E-state index < -0.39 is 0 Å². The molecule has 6 nitrogen and oxygen atoms in total. The first-order valence-corrected chi connectivity index (χ1v) is 7.93. The van der Waals surface area contributed by atoms with Gasteiger partial charge in [-0.25, -0.2) is 19.9 Å². The third-order valence-electron chi connectivity index (χ3n) is 3.10. The molecule has 0 amide bonds. The third-order valence-corrected chi connectivity index (χ3v) is 4.68. The maximum atomic E-state index is 9.96. The van der Waals surface area contributed by atoms with Crippen molar-refractivity contribution in [2.75, 3.05) is 5.32 Å². The summed E-state index contributed by atoms with van der Waals surface area (Å²) >= 11 is 4.85. The van der Waals surface area contributed by atoms with Gasteiger partial charge in [-0.2, -0.15) is 0 Å². The van der Waals surface area contributed by atoms with Crippen LogP contribution in [0, 0.1) is 0 Å². The normalized spacial score (nSPS) is 11.1. The van der Waals surface area contributed by atoms with E-state index in [1.807, 2.05) is 0 Å². The Balaban J connectivity index is 1.90. The highest BCUT2D eigenvalue weighted by atomic mass is 79.9. The van der Waals surface area contributed by atoms with Gasteiger partial charge in [0, 0.05) is 16.9 Å². The molecule has 0 radical (unpaired) electrons. The molecule has 2 N–H and O–H groups in total. The number of aromatic hydroxyl groups is 1. The van der Waals surface area contributed by atoms with E-state index in [1.54, 1.807) is 30.6 Å². The molecule has 8 heteroatoms. The summed E-state index contributed by atoms with van der Waals surface area (Å²) in [7, 11) is 0. The molecule has 4 rings (SSSR count). The standard InChI is InChI=1S/C14H8BrN5OS/c15-7-1-2-9(21)8(5-7)20-13-12-10(18-6-19-13)11-14(22-12)17-4-3-16-11/h1-6,21H,(H,18,19,20). The molecule has 3 heterocycles. The fraction of sp³-hybridized carbons (Fsp3) is 0. The van der Waals surface area contributed by atoms with Crippen LogP contribution >= 0.6 is 27.3 Å². The van der Waals surface area contributed by atoms with Gasteiger partial charge in [-0.05, 0) is 18.2 Å². The predicted octanol–water partition coefficient (Wildman–Crippen LogP) is 3.85. The van der Waals surface area contributed by atoms with Crippen LogP contribution in [0.15, 0.2) is 41.4 Å². The Morgan fingerprint density at radius 2 is 1.91 bits per heavy atom. The minimum Gasteiger partial charge on any atom is -0.506 e. The van der Waals surface area contributed by atoms with Crippen molar-refractivity contribution in [2.45, 2.75) is 0 Å². The van der Waals surface area contributed by atoms with Crippen molar-refractivity contribution < 1.29 is 5.11 Å². The molecule has 22 heavy (non-hydrogen) atoms. The number of hydrogen-bond acceptors (Lipinski definition) is 7. The zero-order chi connectivity index (χ0) is 15.1. The SMILES string of the molecule is Oc1ccc(Br)cc1Nc1ncnc2c1sc1nccnc12. The Morgan fingerprint density at radius 3 is 2.82 bits per heavy atom. The van der Waals surface area contributed by atoms with Crippen LogP contribution in [0.3, 0.4) is 0 Å². The summed E-state index contributed by atoms with van der Waals surface area (Å²) in [4.78, 5) is 18.0. The summed E-state index contributed by atoms with van der Waals surface area (Å²) in [6, 6.07) is 5.16. The van der Waals surface area contributed by atoms with Crippen LogP contribution in [0.1, 0.15) is 0 Å². The van der Waals surface area contributed by atoms with E-state index in [0.29, 0.717) is 11.5 Å². The molecule has 0 aliphatic heterocycles. The smallest absolute Gasteiger partial charge is 0.152 e. The van der Waals surface area contributed by atoms with E-state index >= 15 is 0 Å². The molecule has 0 aliphatic rings. The van der Waals surface area contributed by atoms with E-state index in [9.17, 15) is 5.11 Å². The van der Waals surface area contributed by atoms with Crippen molar-refractivity contribution >= 4 is 59.3 Å². The average Bonchev–Trinajstić information content (AvgIpc) is 2.91. The molecule has 3 aromatic heterocycles. The highest BCUT2D eigenvalue weighted by molar-refractivity contribution is 9.10. The van der Waals surface area contributed by atoms with Gasteiger partial charge >= 0.3 is 0 Å². The predicted molar refractivity (Wildman–Crippen MR) is 89.6 cm³/mol. The molecule has 0 saturated heterocycles. The van der Waals surface area contributed by atoms with Gasteiger partial charge in [0.2, 0.25) is 0 Å². The molecule has 0 saturated carbocycles. The largest absolute Gasteiger partial charge is 0.506 e. The number of phenolic OH excluding ortho intramolecular Hbond substituents is 1. The van der Waals surface area contributed by atoms with E-state index in [2.05, 4.69) is 41.2 Å². The van der Waals surface area contributed by atoms with Gasteiger partial charge in [0.05, 0.1) is 5.69 Å². The Morgan fingerprint density at radius 1 is 1.05 bits per heavy atom. The number of hydrogen-bond donors (Lipinski definition) is 2. The van der Waals surface area contributed by atoms with E-state index in [-0.39, 0.29) is 5.75 Å². The Hall–Kier alpha value is -2.32. The Kier molecular flexibility index (Phi) is 3.12. The van der Waals surface area contributed by atoms with Crippen molar-refractivity contribution in [3.63, 3.8) is 0 Å². The van der Waals surface area contributed by atoms with Gasteiger partial charge in [0.25, 0.3) is 0 Å². The maximum absolute atomic E-state index is 9.96. The first-order valence-electron chi connectivity index (χ1n) is 6.32. The van der Waals surface area contributed by atoms with Crippen molar-refractivity contribution in [3.05, 3.63) is 41.4 Å². The van der Waals surface area contributed by atoms with Gasteiger partial charge < -0.3 is 10.4 Å². The topological polar surface area (TPSA) is 83.8 Å². The summed E-state index contributed by atoms with van der Waals surface area (Å²) < 4.78 is 1.71. The quantitative estimate of drug-likeness (QED) is 0.519. The van der Waals surface area contributed by atoms with Gasteiger partial charge in [-0.1, -0.05) is 15.9 Å². The summed E-state index contributed by atoms with van der Waals surface area (Å²) in [5.74, 6) is 0.760. The lowest BCUT2D eigenvalue weighted by molar-refractivity contribution is 0.477. The van der Waals surface area contributed by atoms with Crippen molar-refractivity contribution in [3.8, 4) is 5.75 Å². The highest BCUT2D eigenvalue weighted by Crippen LogP contribution is 2.36. The lowest BCUT2D eigenvalue weighted by Crippen LogP contribution is -1.95. The second kappa shape index (κ2) is 5.15. The van der Waals surface area contributed by atoms with E-state index in [0.717, 1.165) is 25.0 Å². The van der Waals surface area contributed by atoms with Gasteiger partial charge in [-0.3, -0.25) is 0 Å². The fourth-order valence-electron chi connectivity index (χ4n) is 2.12. The van der Waals surface area contributed by atoms with Crippen LogP contribution in [0.5, 0.6) is 5.75 Å². The maximum Gasteiger partial charge on any atom is 0.152 e. The van der Waals surface area contributed by atoms with Crippen LogP contribution in [-0.2, 0) is 0 Å². The Labute approximate surface area is 137 Å². The number of phenols is 1. The molecule has 0 spiro atoms. The molecular weight excluding hydrogens is 366 g/mol. The number of rotatable bonds is 2. The average molecular weight is 374 g/mol. The molecule has 108 valence electrons. The number of benzene rings is 1. The summed E-state index contributed by atoms with van der Waals surface area (Å²) in [6.45, 7) is 0. The van der Waals surface area contributed by atoms with Crippen LogP contribution < -0.4 is 5.32 Å². The molecule has 0 bridgehead atoms. The van der Waals surface area contributed by atoms with Crippen LogP contribution in [0.4, 0.5) is 11.5 Å². The minimum absolute atomic E-state index is 0.146. The second-order valence-corrected chi connectivity index (χ2v) is 6.41. The number of anilines is 2. The van der Waals surface area contributed by atoms with E-state index in [1.165, 1.54) is 17.7 Å². The zero-order valence-corrected chi connectivity index (χ0v) is 13.4. The van der Waals surface area contributed by atoms with Crippen molar-refractivity contribution in [1.82, 2.24) is 19.9 Å². The summed E-state index contributed by atoms with van der Waals surface area (Å²) in [6.07, 6.45) is 4.77. The van der Waals surface area contributed by atoms with Crippen molar-refractivity contribution in [2.24, 2.45) is 0 Å². The monoisotopic (exact) mass is 373 g/mol. The summed E-state index contributed by atoms with van der Waals surface area (Å²) in [5.41, 5.74) is 2.07. The molecular formula is C14H8BrN5OS. The lowest BCUT2D eigenvalue weighted by atomic mass is 10.3. The summed E-state index contributed by atoms with van der Waals surface area (Å²) in [5, 5.41) is 13.1. The van der Waals surface area contributed by atoms with Crippen molar-refractivity contribution in [1.29, 1.82) is 0 Å². The Bertz CT molecular complexity index is 1000. The second-order valence-electron chi connectivity index (χ2n) is 4.50. The first kappa shape index (κ1) is 13.4. The molecule has 0 unspecified atom stereocenters. The van der Waals surface area contributed by atoms with Crippen LogP contribution in [-0.4, -0.2) is 25.0 Å². The molecule has 0 atom stereocenters. The van der Waals surface area contributed by atoms with Crippen LogP contribution in [0.25, 0.3) is 20.6 Å². The third kappa shape index (κ3) is 2.16. The number of nitrogens with one attached hydrogen (secondary N) is 1. The number of nitrogens with zero attached hydrogens (tertiary/aromatic N) is 4. The van der Waals surface area contributed by atoms with Gasteiger partial charge in [0.1, 0.15) is 32.6 Å². The minimum atomic E-state index is 0.146. The molecule has 4 aromatic rings. The lowest BCUT2D eigenvalue weighted by Gasteiger charge is -2.08. The van der Waals surface area contributed by atoms with Crippen LogP contribution in [0.2, 0.25) is 0 Å². The fourth-order valence-corrected chi connectivity index (χ4v) is 3.48. The number of halogens is 1. The number of aromatic nitrogens is 4. The van der Waals surface area contributed by atoms with Gasteiger partial charge in [-0.15, -0.1) is 11.3 Å². The molecule has 0 fully saturated rings.